The van der Waals surface area contributed by atoms with Crippen LogP contribution in [0.25, 0.3) is 0 Å². The van der Waals surface area contributed by atoms with Crippen LogP contribution in [0.5, 0.6) is 0 Å². The number of nitrogens with zero attached hydrogens (tertiary/aromatic N) is 1. The summed E-state index contributed by atoms with van der Waals surface area (Å²) in [5, 5.41) is 3.50. The number of aryl methyl sites for hydroxylation is 1. The van der Waals surface area contributed by atoms with Gasteiger partial charge in [0.15, 0.2) is 0 Å². The molecule has 1 aromatic heterocycles. The number of aromatic nitrogens is 1. The summed E-state index contributed by atoms with van der Waals surface area (Å²) in [7, 11) is 0. The first-order valence-electron chi connectivity index (χ1n) is 6.11. The molecule has 4 heteroatoms. The van der Waals surface area contributed by atoms with Gasteiger partial charge in [-0.1, -0.05) is 25.6 Å². The van der Waals surface area contributed by atoms with Gasteiger partial charge in [0.1, 0.15) is 10.8 Å². The highest BCUT2D eigenvalue weighted by Crippen LogP contribution is 2.27. The molecule has 0 aliphatic heterocycles. The van der Waals surface area contributed by atoms with Crippen molar-refractivity contribution in [3.05, 3.63) is 23.4 Å². The zero-order valence-corrected chi connectivity index (χ0v) is 11.2. The van der Waals surface area contributed by atoms with Crippen molar-refractivity contribution in [1.82, 2.24) is 4.98 Å². The van der Waals surface area contributed by atoms with Gasteiger partial charge in [0, 0.05) is 17.3 Å². The SMILES string of the molecule is Cc1cc(C(N)=S)cc(NC2CCCC2C)n1. The van der Waals surface area contributed by atoms with Crippen LogP contribution in [-0.4, -0.2) is 16.0 Å². The molecule has 3 nitrogen and oxygen atoms in total. The van der Waals surface area contributed by atoms with E-state index >= 15 is 0 Å². The van der Waals surface area contributed by atoms with Gasteiger partial charge in [-0.05, 0) is 37.8 Å². The van der Waals surface area contributed by atoms with E-state index in [9.17, 15) is 0 Å². The first-order chi connectivity index (χ1) is 8.06. The molecule has 0 aromatic carbocycles. The number of nitrogens with two attached hydrogens (primary N) is 1. The minimum absolute atomic E-state index is 0.429. The van der Waals surface area contributed by atoms with Crippen molar-refractivity contribution < 1.29 is 0 Å². The molecule has 92 valence electrons. The molecule has 1 aromatic rings. The average Bonchev–Trinajstić information content (AvgIpc) is 2.63. The highest BCUT2D eigenvalue weighted by atomic mass is 32.1. The molecule has 1 aliphatic rings. The summed E-state index contributed by atoms with van der Waals surface area (Å²) in [5.41, 5.74) is 7.50. The number of anilines is 1. The van der Waals surface area contributed by atoms with E-state index in [1.807, 2.05) is 19.1 Å². The highest BCUT2D eigenvalue weighted by Gasteiger charge is 2.23. The van der Waals surface area contributed by atoms with E-state index in [4.69, 9.17) is 18.0 Å². The molecule has 0 spiro atoms. The summed E-state index contributed by atoms with van der Waals surface area (Å²) in [6.45, 7) is 4.25. The van der Waals surface area contributed by atoms with Crippen molar-refractivity contribution in [1.29, 1.82) is 0 Å². The fourth-order valence-electron chi connectivity index (χ4n) is 2.43. The maximum Gasteiger partial charge on any atom is 0.127 e. The minimum atomic E-state index is 0.429. The zero-order chi connectivity index (χ0) is 12.4. The first kappa shape index (κ1) is 12.3. The summed E-state index contributed by atoms with van der Waals surface area (Å²) in [6, 6.07) is 4.40. The van der Waals surface area contributed by atoms with Crippen LogP contribution in [0.2, 0.25) is 0 Å². The average molecular weight is 249 g/mol. The van der Waals surface area contributed by atoms with Gasteiger partial charge in [0.2, 0.25) is 0 Å². The molecule has 1 heterocycles. The molecule has 0 saturated heterocycles. The topological polar surface area (TPSA) is 50.9 Å². The number of thiocarbonyl (C=S) groups is 1. The van der Waals surface area contributed by atoms with E-state index in [0.717, 1.165) is 17.1 Å². The molecule has 1 aliphatic carbocycles. The van der Waals surface area contributed by atoms with Crippen LogP contribution < -0.4 is 11.1 Å². The van der Waals surface area contributed by atoms with Crippen molar-refractivity contribution in [3.63, 3.8) is 0 Å². The van der Waals surface area contributed by atoms with Crippen LogP contribution in [0.1, 0.15) is 37.4 Å². The molecule has 3 N–H and O–H groups in total. The number of hydrogen-bond donors (Lipinski definition) is 2. The standard InChI is InChI=1S/C13H19N3S/c1-8-4-3-5-11(8)16-12-7-10(13(14)17)6-9(2)15-12/h6-8,11H,3-5H2,1-2H3,(H2,14,17)(H,15,16). The monoisotopic (exact) mass is 249 g/mol. The predicted octanol–water partition coefficient (Wildman–Crippen LogP) is 2.62. The second-order valence-corrected chi connectivity index (χ2v) is 5.35. The molecule has 2 atom stereocenters. The molecule has 0 radical (unpaired) electrons. The van der Waals surface area contributed by atoms with Gasteiger partial charge >= 0.3 is 0 Å². The van der Waals surface area contributed by atoms with Crippen LogP contribution in [0.3, 0.4) is 0 Å². The van der Waals surface area contributed by atoms with Crippen molar-refractivity contribution >= 4 is 23.0 Å². The quantitative estimate of drug-likeness (QED) is 0.809. The molecule has 1 saturated carbocycles. The summed E-state index contributed by atoms with van der Waals surface area (Å²) < 4.78 is 0. The van der Waals surface area contributed by atoms with Gasteiger partial charge < -0.3 is 11.1 Å². The Hall–Kier alpha value is -1.16. The van der Waals surface area contributed by atoms with Crippen molar-refractivity contribution in [2.45, 2.75) is 39.2 Å². The van der Waals surface area contributed by atoms with E-state index in [0.29, 0.717) is 16.9 Å². The van der Waals surface area contributed by atoms with E-state index in [1.54, 1.807) is 0 Å². The van der Waals surface area contributed by atoms with Crippen LogP contribution in [0.15, 0.2) is 12.1 Å². The molecular weight excluding hydrogens is 230 g/mol. The summed E-state index contributed by atoms with van der Waals surface area (Å²) in [4.78, 5) is 4.92. The Morgan fingerprint density at radius 2 is 2.24 bits per heavy atom. The lowest BCUT2D eigenvalue weighted by atomic mass is 10.1. The molecular formula is C13H19N3S. The van der Waals surface area contributed by atoms with Gasteiger partial charge in [-0.15, -0.1) is 0 Å². The van der Waals surface area contributed by atoms with E-state index in [-0.39, 0.29) is 0 Å². The lowest BCUT2D eigenvalue weighted by Gasteiger charge is -2.18. The van der Waals surface area contributed by atoms with Crippen molar-refractivity contribution in [2.24, 2.45) is 11.7 Å². The predicted molar refractivity (Wildman–Crippen MR) is 75.3 cm³/mol. The molecule has 17 heavy (non-hydrogen) atoms. The zero-order valence-electron chi connectivity index (χ0n) is 10.4. The third kappa shape index (κ3) is 2.94. The van der Waals surface area contributed by atoms with E-state index in [2.05, 4.69) is 17.2 Å². The third-order valence-electron chi connectivity index (χ3n) is 3.43. The summed E-state index contributed by atoms with van der Waals surface area (Å²) >= 11 is 5.01. The number of nitrogens with one attached hydrogen (secondary N) is 1. The van der Waals surface area contributed by atoms with Crippen molar-refractivity contribution in [3.8, 4) is 0 Å². The van der Waals surface area contributed by atoms with Gasteiger partial charge in [-0.2, -0.15) is 0 Å². The minimum Gasteiger partial charge on any atom is -0.389 e. The lowest BCUT2D eigenvalue weighted by molar-refractivity contribution is 0.555. The van der Waals surface area contributed by atoms with Crippen LogP contribution in [0.4, 0.5) is 5.82 Å². The Bertz CT molecular complexity index is 431. The van der Waals surface area contributed by atoms with Gasteiger partial charge in [0.25, 0.3) is 0 Å². The van der Waals surface area contributed by atoms with E-state index in [1.165, 1.54) is 19.3 Å². The highest BCUT2D eigenvalue weighted by molar-refractivity contribution is 7.80. The summed E-state index contributed by atoms with van der Waals surface area (Å²) in [6.07, 6.45) is 3.82. The Kier molecular flexibility index (Phi) is 3.62. The third-order valence-corrected chi connectivity index (χ3v) is 3.67. The fourth-order valence-corrected chi connectivity index (χ4v) is 2.55. The smallest absolute Gasteiger partial charge is 0.127 e. The number of rotatable bonds is 3. The van der Waals surface area contributed by atoms with Crippen molar-refractivity contribution in [2.75, 3.05) is 5.32 Å². The van der Waals surface area contributed by atoms with E-state index < -0.39 is 0 Å². The van der Waals surface area contributed by atoms with Gasteiger partial charge in [0.05, 0.1) is 0 Å². The maximum absolute atomic E-state index is 5.66. The normalized spacial score (nSPS) is 23.6. The molecule has 2 unspecified atom stereocenters. The number of hydrogen-bond acceptors (Lipinski definition) is 3. The Balaban J connectivity index is 2.17. The Morgan fingerprint density at radius 3 is 2.82 bits per heavy atom. The lowest BCUT2D eigenvalue weighted by Crippen LogP contribution is -2.23. The first-order valence-corrected chi connectivity index (χ1v) is 6.52. The molecule has 2 rings (SSSR count). The largest absolute Gasteiger partial charge is 0.389 e. The second-order valence-electron chi connectivity index (χ2n) is 4.91. The van der Waals surface area contributed by atoms with Gasteiger partial charge in [-0.3, -0.25) is 0 Å². The van der Waals surface area contributed by atoms with Crippen LogP contribution in [-0.2, 0) is 0 Å². The fraction of sp³-hybridized carbons (Fsp3) is 0.538. The Morgan fingerprint density at radius 1 is 1.47 bits per heavy atom. The molecule has 1 fully saturated rings. The number of pyridine rings is 1. The maximum atomic E-state index is 5.66. The second kappa shape index (κ2) is 5.00. The van der Waals surface area contributed by atoms with Gasteiger partial charge in [-0.25, -0.2) is 4.98 Å². The molecule has 0 amide bonds. The Labute approximate surface area is 108 Å². The van der Waals surface area contributed by atoms with Crippen LogP contribution in [0, 0.1) is 12.8 Å². The summed E-state index contributed by atoms with van der Waals surface area (Å²) in [5.74, 6) is 1.61. The molecule has 0 bridgehead atoms. The van der Waals surface area contributed by atoms with Crippen LogP contribution >= 0.6 is 12.2 Å².